The number of ether oxygens (including phenoxy) is 2. The van der Waals surface area contributed by atoms with Gasteiger partial charge >= 0.3 is 6.01 Å². The lowest BCUT2D eigenvalue weighted by Gasteiger charge is -2.07. The second kappa shape index (κ2) is 6.38. The van der Waals surface area contributed by atoms with E-state index in [1.807, 2.05) is 37.3 Å². The Labute approximate surface area is 117 Å². The molecule has 1 heterocycles. The number of aromatic nitrogens is 2. The highest BCUT2D eigenvalue weighted by atomic mass is 35.5. The lowest BCUT2D eigenvalue weighted by molar-refractivity contribution is 0.279. The van der Waals surface area contributed by atoms with Crippen molar-refractivity contribution in [2.45, 2.75) is 19.4 Å². The number of halogens is 1. The van der Waals surface area contributed by atoms with Crippen LogP contribution < -0.4 is 9.47 Å². The van der Waals surface area contributed by atoms with E-state index >= 15 is 0 Å². The number of rotatable bonds is 5. The lowest BCUT2D eigenvalue weighted by atomic mass is 10.2. The highest BCUT2D eigenvalue weighted by molar-refractivity contribution is 6.16. The SMILES string of the molecule is COc1ccc(COc2nc(C)cc(CCl)n2)cc1. The van der Waals surface area contributed by atoms with Crippen LogP contribution in [0, 0.1) is 6.92 Å². The third-order valence-electron chi connectivity index (χ3n) is 2.55. The van der Waals surface area contributed by atoms with Gasteiger partial charge in [-0.25, -0.2) is 4.98 Å². The average molecular weight is 279 g/mol. The molecule has 1 aromatic heterocycles. The molecule has 0 radical (unpaired) electrons. The number of nitrogens with zero attached hydrogens (tertiary/aromatic N) is 2. The summed E-state index contributed by atoms with van der Waals surface area (Å²) in [6.07, 6.45) is 0. The third kappa shape index (κ3) is 3.83. The molecule has 0 N–H and O–H groups in total. The maximum atomic E-state index is 5.76. The normalized spacial score (nSPS) is 10.3. The van der Waals surface area contributed by atoms with Crippen molar-refractivity contribution >= 4 is 11.6 Å². The lowest BCUT2D eigenvalue weighted by Crippen LogP contribution is -2.02. The molecule has 0 fully saturated rings. The first-order chi connectivity index (χ1) is 9.21. The molecule has 0 saturated carbocycles. The van der Waals surface area contributed by atoms with Crippen molar-refractivity contribution in [2.24, 2.45) is 0 Å². The second-order valence-electron chi connectivity index (χ2n) is 4.05. The summed E-state index contributed by atoms with van der Waals surface area (Å²) in [5, 5.41) is 0. The van der Waals surface area contributed by atoms with Gasteiger partial charge in [0.1, 0.15) is 12.4 Å². The monoisotopic (exact) mass is 278 g/mol. The fraction of sp³-hybridized carbons (Fsp3) is 0.286. The average Bonchev–Trinajstić information content (AvgIpc) is 2.45. The van der Waals surface area contributed by atoms with Crippen LogP contribution in [-0.2, 0) is 12.5 Å². The minimum absolute atomic E-state index is 0.349. The smallest absolute Gasteiger partial charge is 0.317 e. The van der Waals surface area contributed by atoms with E-state index in [1.54, 1.807) is 7.11 Å². The van der Waals surface area contributed by atoms with Gasteiger partial charge in [-0.2, -0.15) is 4.98 Å². The molecule has 0 atom stereocenters. The van der Waals surface area contributed by atoms with Crippen LogP contribution in [0.3, 0.4) is 0 Å². The molecular weight excluding hydrogens is 264 g/mol. The Kier molecular flexibility index (Phi) is 4.58. The number of methoxy groups -OCH3 is 1. The molecule has 0 aliphatic heterocycles. The van der Waals surface area contributed by atoms with Crippen LogP contribution in [0.15, 0.2) is 30.3 Å². The fourth-order valence-electron chi connectivity index (χ4n) is 1.61. The Bertz CT molecular complexity index is 544. The molecule has 0 saturated heterocycles. The van der Waals surface area contributed by atoms with Gasteiger partial charge < -0.3 is 9.47 Å². The van der Waals surface area contributed by atoms with E-state index in [4.69, 9.17) is 21.1 Å². The minimum Gasteiger partial charge on any atom is -0.497 e. The maximum absolute atomic E-state index is 5.76. The zero-order valence-corrected chi connectivity index (χ0v) is 11.6. The first kappa shape index (κ1) is 13.6. The molecule has 4 nitrogen and oxygen atoms in total. The fourth-order valence-corrected chi connectivity index (χ4v) is 1.74. The van der Waals surface area contributed by atoms with E-state index in [0.29, 0.717) is 18.5 Å². The van der Waals surface area contributed by atoms with Crippen LogP contribution in [0.1, 0.15) is 17.0 Å². The summed E-state index contributed by atoms with van der Waals surface area (Å²) >= 11 is 5.76. The van der Waals surface area contributed by atoms with Gasteiger partial charge in [0.05, 0.1) is 18.7 Å². The maximum Gasteiger partial charge on any atom is 0.317 e. The first-order valence-electron chi connectivity index (χ1n) is 5.87. The molecule has 5 heteroatoms. The number of benzene rings is 1. The molecule has 0 aliphatic rings. The first-order valence-corrected chi connectivity index (χ1v) is 6.41. The molecule has 2 aromatic rings. The molecule has 0 spiro atoms. The zero-order valence-electron chi connectivity index (χ0n) is 10.9. The molecule has 0 amide bonds. The zero-order chi connectivity index (χ0) is 13.7. The van der Waals surface area contributed by atoms with Crippen LogP contribution >= 0.6 is 11.6 Å². The molecule has 0 bridgehead atoms. The van der Waals surface area contributed by atoms with Gasteiger partial charge in [0.15, 0.2) is 0 Å². The quantitative estimate of drug-likeness (QED) is 0.788. The van der Waals surface area contributed by atoms with Crippen molar-refractivity contribution < 1.29 is 9.47 Å². The molecule has 100 valence electrons. The largest absolute Gasteiger partial charge is 0.497 e. The van der Waals surface area contributed by atoms with E-state index in [0.717, 1.165) is 22.7 Å². The Balaban J connectivity index is 2.03. The predicted molar refractivity (Wildman–Crippen MR) is 73.7 cm³/mol. The van der Waals surface area contributed by atoms with Crippen LogP contribution in [0.5, 0.6) is 11.8 Å². The van der Waals surface area contributed by atoms with E-state index in [-0.39, 0.29) is 0 Å². The predicted octanol–water partition coefficient (Wildman–Crippen LogP) is 3.11. The van der Waals surface area contributed by atoms with E-state index in [1.165, 1.54) is 0 Å². The molecule has 19 heavy (non-hydrogen) atoms. The highest BCUT2D eigenvalue weighted by Gasteiger charge is 2.03. The van der Waals surface area contributed by atoms with E-state index < -0.39 is 0 Å². The third-order valence-corrected chi connectivity index (χ3v) is 2.82. The number of hydrogen-bond donors (Lipinski definition) is 0. The van der Waals surface area contributed by atoms with E-state index in [2.05, 4.69) is 9.97 Å². The molecule has 0 unspecified atom stereocenters. The Morgan fingerprint density at radius 1 is 1.16 bits per heavy atom. The number of aryl methyl sites for hydroxylation is 1. The number of alkyl halides is 1. The van der Waals surface area contributed by atoms with Gasteiger partial charge in [0.25, 0.3) is 0 Å². The van der Waals surface area contributed by atoms with E-state index in [9.17, 15) is 0 Å². The summed E-state index contributed by atoms with van der Waals surface area (Å²) in [5.41, 5.74) is 2.63. The Morgan fingerprint density at radius 2 is 1.89 bits per heavy atom. The number of hydrogen-bond acceptors (Lipinski definition) is 4. The summed E-state index contributed by atoms with van der Waals surface area (Å²) in [6, 6.07) is 9.85. The topological polar surface area (TPSA) is 44.2 Å². The highest BCUT2D eigenvalue weighted by Crippen LogP contribution is 2.14. The van der Waals surface area contributed by atoms with Gasteiger partial charge in [-0.05, 0) is 30.7 Å². The van der Waals surface area contributed by atoms with Gasteiger partial charge in [0.2, 0.25) is 0 Å². The van der Waals surface area contributed by atoms with Crippen molar-refractivity contribution in [1.82, 2.24) is 9.97 Å². The molecule has 2 rings (SSSR count). The van der Waals surface area contributed by atoms with Crippen LogP contribution in [0.2, 0.25) is 0 Å². The second-order valence-corrected chi connectivity index (χ2v) is 4.32. The van der Waals surface area contributed by atoms with Crippen molar-refractivity contribution in [2.75, 3.05) is 7.11 Å². The van der Waals surface area contributed by atoms with Crippen LogP contribution in [0.4, 0.5) is 0 Å². The van der Waals surface area contributed by atoms with Crippen LogP contribution in [-0.4, -0.2) is 17.1 Å². The van der Waals surface area contributed by atoms with Gasteiger partial charge in [-0.3, -0.25) is 0 Å². The summed E-state index contributed by atoms with van der Waals surface area (Å²) in [5.74, 6) is 1.17. The summed E-state index contributed by atoms with van der Waals surface area (Å²) in [6.45, 7) is 2.30. The summed E-state index contributed by atoms with van der Waals surface area (Å²) < 4.78 is 10.7. The minimum atomic E-state index is 0.349. The van der Waals surface area contributed by atoms with Crippen molar-refractivity contribution in [3.63, 3.8) is 0 Å². The standard InChI is InChI=1S/C14H15ClN2O2/c1-10-7-12(8-15)17-14(16-10)19-9-11-3-5-13(18-2)6-4-11/h3-7H,8-9H2,1-2H3. The Morgan fingerprint density at radius 3 is 2.53 bits per heavy atom. The van der Waals surface area contributed by atoms with Crippen LogP contribution in [0.25, 0.3) is 0 Å². The summed E-state index contributed by atoms with van der Waals surface area (Å²) in [7, 11) is 1.64. The van der Waals surface area contributed by atoms with Crippen molar-refractivity contribution in [3.8, 4) is 11.8 Å². The Hall–Kier alpha value is -1.81. The van der Waals surface area contributed by atoms with Crippen molar-refractivity contribution in [3.05, 3.63) is 47.3 Å². The molecule has 0 aliphatic carbocycles. The summed E-state index contributed by atoms with van der Waals surface area (Å²) in [4.78, 5) is 8.42. The van der Waals surface area contributed by atoms with Gasteiger partial charge in [-0.1, -0.05) is 12.1 Å². The van der Waals surface area contributed by atoms with Crippen molar-refractivity contribution in [1.29, 1.82) is 0 Å². The van der Waals surface area contributed by atoms with Gasteiger partial charge in [-0.15, -0.1) is 11.6 Å². The molecular formula is C14H15ClN2O2. The molecule has 1 aromatic carbocycles. The van der Waals surface area contributed by atoms with Gasteiger partial charge in [0, 0.05) is 5.69 Å².